The van der Waals surface area contributed by atoms with Gasteiger partial charge in [-0.15, -0.1) is 0 Å². The van der Waals surface area contributed by atoms with Crippen molar-refractivity contribution >= 4 is 23.0 Å². The lowest BCUT2D eigenvalue weighted by Crippen LogP contribution is -2.35. The molecule has 1 saturated heterocycles. The van der Waals surface area contributed by atoms with Crippen molar-refractivity contribution in [3.8, 4) is 0 Å². The van der Waals surface area contributed by atoms with Gasteiger partial charge in [0.2, 0.25) is 0 Å². The van der Waals surface area contributed by atoms with Crippen LogP contribution < -0.4 is 10.6 Å². The van der Waals surface area contributed by atoms with Gasteiger partial charge < -0.3 is 10.6 Å². The van der Waals surface area contributed by atoms with Crippen molar-refractivity contribution in [2.45, 2.75) is 25.8 Å². The van der Waals surface area contributed by atoms with Crippen LogP contribution >= 0.6 is 11.6 Å². The summed E-state index contributed by atoms with van der Waals surface area (Å²) in [6, 6.07) is 3.57. The van der Waals surface area contributed by atoms with E-state index in [1.807, 2.05) is 6.92 Å². The Bertz CT molecular complexity index is 459. The van der Waals surface area contributed by atoms with Crippen LogP contribution in [0.2, 0.25) is 5.02 Å². The van der Waals surface area contributed by atoms with Crippen LogP contribution in [0.1, 0.15) is 18.4 Å². The molecule has 2 rings (SSSR count). The number of hydrogen-bond donors (Lipinski definition) is 2. The highest BCUT2D eigenvalue weighted by Crippen LogP contribution is 2.31. The van der Waals surface area contributed by atoms with Crippen LogP contribution in [0.5, 0.6) is 0 Å². The molecule has 1 aromatic rings. The first-order valence-corrected chi connectivity index (χ1v) is 6.37. The van der Waals surface area contributed by atoms with Crippen molar-refractivity contribution in [2.75, 3.05) is 18.4 Å². The number of piperidine rings is 1. The summed E-state index contributed by atoms with van der Waals surface area (Å²) < 4.78 is 0. The second-order valence-electron chi connectivity index (χ2n) is 4.54. The summed E-state index contributed by atoms with van der Waals surface area (Å²) >= 11 is 5.92. The molecule has 1 aliphatic rings. The number of anilines is 1. The summed E-state index contributed by atoms with van der Waals surface area (Å²) in [6.45, 7) is 3.85. The fourth-order valence-electron chi connectivity index (χ4n) is 2.15. The molecule has 1 aliphatic heterocycles. The summed E-state index contributed by atoms with van der Waals surface area (Å²) in [7, 11) is 0. The molecule has 1 heterocycles. The second kappa shape index (κ2) is 5.54. The van der Waals surface area contributed by atoms with E-state index in [0.717, 1.165) is 37.2 Å². The van der Waals surface area contributed by atoms with Crippen LogP contribution in [-0.2, 0) is 0 Å². The van der Waals surface area contributed by atoms with E-state index < -0.39 is 4.92 Å². The molecule has 6 heteroatoms. The van der Waals surface area contributed by atoms with E-state index >= 15 is 0 Å². The monoisotopic (exact) mass is 269 g/mol. The van der Waals surface area contributed by atoms with Gasteiger partial charge >= 0.3 is 0 Å². The second-order valence-corrected chi connectivity index (χ2v) is 4.95. The first-order valence-electron chi connectivity index (χ1n) is 5.99. The first-order chi connectivity index (χ1) is 8.58. The van der Waals surface area contributed by atoms with Gasteiger partial charge in [-0.1, -0.05) is 11.6 Å². The minimum atomic E-state index is -0.455. The Balaban J connectivity index is 2.18. The lowest BCUT2D eigenvalue weighted by molar-refractivity contribution is -0.384. The minimum Gasteiger partial charge on any atom is -0.382 e. The van der Waals surface area contributed by atoms with Gasteiger partial charge in [-0.3, -0.25) is 10.1 Å². The van der Waals surface area contributed by atoms with E-state index in [2.05, 4.69) is 10.6 Å². The van der Waals surface area contributed by atoms with Crippen LogP contribution in [0.25, 0.3) is 0 Å². The van der Waals surface area contributed by atoms with E-state index in [1.165, 1.54) is 6.07 Å². The molecule has 18 heavy (non-hydrogen) atoms. The van der Waals surface area contributed by atoms with E-state index in [9.17, 15) is 10.1 Å². The predicted molar refractivity (Wildman–Crippen MR) is 72.4 cm³/mol. The number of hydrogen-bond acceptors (Lipinski definition) is 4. The number of halogens is 1. The highest BCUT2D eigenvalue weighted by atomic mass is 35.5. The zero-order valence-corrected chi connectivity index (χ0v) is 11.0. The van der Waals surface area contributed by atoms with Crippen molar-refractivity contribution < 1.29 is 4.92 Å². The van der Waals surface area contributed by atoms with E-state index in [0.29, 0.717) is 6.04 Å². The fraction of sp³-hybridized carbons (Fsp3) is 0.500. The van der Waals surface area contributed by atoms with Crippen molar-refractivity contribution in [1.82, 2.24) is 5.32 Å². The maximum atomic E-state index is 10.8. The molecule has 0 aliphatic carbocycles. The molecule has 0 amide bonds. The van der Waals surface area contributed by atoms with Crippen LogP contribution in [0.15, 0.2) is 12.1 Å². The van der Waals surface area contributed by atoms with Gasteiger partial charge in [-0.25, -0.2) is 0 Å². The number of nitro benzene ring substituents is 1. The number of nitrogens with one attached hydrogen (secondary N) is 2. The fourth-order valence-corrected chi connectivity index (χ4v) is 2.38. The smallest absolute Gasteiger partial charge is 0.288 e. The number of nitro groups is 1. The van der Waals surface area contributed by atoms with Crippen LogP contribution in [0, 0.1) is 17.0 Å². The van der Waals surface area contributed by atoms with Crippen molar-refractivity contribution in [1.29, 1.82) is 0 Å². The zero-order valence-electron chi connectivity index (χ0n) is 10.2. The Morgan fingerprint density at radius 3 is 2.72 bits per heavy atom. The maximum absolute atomic E-state index is 10.8. The molecule has 0 unspecified atom stereocenters. The third-order valence-corrected chi connectivity index (χ3v) is 3.49. The molecule has 0 bridgehead atoms. The minimum absolute atomic E-state index is 0.0370. The molecule has 1 aromatic carbocycles. The van der Waals surface area contributed by atoms with Gasteiger partial charge in [0.15, 0.2) is 0 Å². The average molecular weight is 270 g/mol. The summed E-state index contributed by atoms with van der Waals surface area (Å²) in [5, 5.41) is 17.7. The van der Waals surface area contributed by atoms with Crippen LogP contribution in [0.3, 0.4) is 0 Å². The number of rotatable bonds is 3. The average Bonchev–Trinajstić information content (AvgIpc) is 2.34. The summed E-state index contributed by atoms with van der Waals surface area (Å²) in [5.41, 5.74) is 1.70. The molecular weight excluding hydrogens is 254 g/mol. The molecule has 0 radical (unpaired) electrons. The molecule has 0 aromatic heterocycles. The molecule has 1 fully saturated rings. The normalized spacial score (nSPS) is 16.6. The van der Waals surface area contributed by atoms with Crippen molar-refractivity contribution in [3.05, 3.63) is 32.8 Å². The molecule has 2 N–H and O–H groups in total. The van der Waals surface area contributed by atoms with E-state index in [-0.39, 0.29) is 10.7 Å². The lowest BCUT2D eigenvalue weighted by Gasteiger charge is -2.25. The quantitative estimate of drug-likeness (QED) is 0.654. The molecule has 0 saturated carbocycles. The van der Waals surface area contributed by atoms with Crippen LogP contribution in [0.4, 0.5) is 11.4 Å². The molecule has 0 atom stereocenters. The van der Waals surface area contributed by atoms with Gasteiger partial charge in [0, 0.05) is 17.8 Å². The first kappa shape index (κ1) is 13.1. The lowest BCUT2D eigenvalue weighted by atomic mass is 10.1. The van der Waals surface area contributed by atoms with Gasteiger partial charge in [0.05, 0.1) is 4.92 Å². The van der Waals surface area contributed by atoms with Gasteiger partial charge in [-0.2, -0.15) is 0 Å². The largest absolute Gasteiger partial charge is 0.382 e. The molecule has 0 spiro atoms. The van der Waals surface area contributed by atoms with E-state index in [1.54, 1.807) is 6.07 Å². The topological polar surface area (TPSA) is 67.2 Å². The third kappa shape index (κ3) is 2.91. The Morgan fingerprint density at radius 1 is 1.44 bits per heavy atom. The van der Waals surface area contributed by atoms with E-state index in [4.69, 9.17) is 11.6 Å². The number of aryl methyl sites for hydroxylation is 1. The predicted octanol–water partition coefficient (Wildman–Crippen LogP) is 2.72. The molecular formula is C12H16ClN3O2. The maximum Gasteiger partial charge on any atom is 0.288 e. The number of benzene rings is 1. The SMILES string of the molecule is Cc1cc([N+](=O)[O-])c(Cl)cc1NC1CCNCC1. The number of nitrogens with zero attached hydrogens (tertiary/aromatic N) is 1. The highest BCUT2D eigenvalue weighted by Gasteiger charge is 2.18. The highest BCUT2D eigenvalue weighted by molar-refractivity contribution is 6.33. The Labute approximate surface area is 111 Å². The van der Waals surface area contributed by atoms with Gasteiger partial charge in [0.1, 0.15) is 5.02 Å². The zero-order chi connectivity index (χ0) is 13.1. The summed E-state index contributed by atoms with van der Waals surface area (Å²) in [4.78, 5) is 10.3. The molecule has 5 nitrogen and oxygen atoms in total. The summed E-state index contributed by atoms with van der Waals surface area (Å²) in [6.07, 6.45) is 2.10. The van der Waals surface area contributed by atoms with Gasteiger partial charge in [-0.05, 0) is 44.5 Å². The third-order valence-electron chi connectivity index (χ3n) is 3.19. The Kier molecular flexibility index (Phi) is 4.04. The van der Waals surface area contributed by atoms with Gasteiger partial charge in [0.25, 0.3) is 5.69 Å². The molecule has 98 valence electrons. The standard InChI is InChI=1S/C12H16ClN3O2/c1-8-6-12(16(17)18)10(13)7-11(8)15-9-2-4-14-5-3-9/h6-7,9,14-15H,2-5H2,1H3. The van der Waals surface area contributed by atoms with Crippen molar-refractivity contribution in [2.24, 2.45) is 0 Å². The Hall–Kier alpha value is -1.33. The van der Waals surface area contributed by atoms with Crippen molar-refractivity contribution in [3.63, 3.8) is 0 Å². The summed E-state index contributed by atoms with van der Waals surface area (Å²) in [5.74, 6) is 0. The Morgan fingerprint density at radius 2 is 2.11 bits per heavy atom. The van der Waals surface area contributed by atoms with Crippen LogP contribution in [-0.4, -0.2) is 24.1 Å².